The summed E-state index contributed by atoms with van der Waals surface area (Å²) in [5.41, 5.74) is 6.11. The molecular formula is C31H40N4O9. The first-order valence-electron chi connectivity index (χ1n) is 14.8. The van der Waals surface area contributed by atoms with Crippen LogP contribution in [0.1, 0.15) is 63.0 Å². The van der Waals surface area contributed by atoms with E-state index >= 15 is 0 Å². The van der Waals surface area contributed by atoms with Crippen molar-refractivity contribution in [2.45, 2.75) is 75.2 Å². The van der Waals surface area contributed by atoms with Crippen molar-refractivity contribution in [2.24, 2.45) is 29.2 Å². The first-order valence-corrected chi connectivity index (χ1v) is 14.8. The van der Waals surface area contributed by atoms with E-state index in [9.17, 15) is 44.7 Å². The first-order chi connectivity index (χ1) is 20.5. The molecule has 5 unspecified atom stereocenters. The van der Waals surface area contributed by atoms with E-state index in [0.29, 0.717) is 5.56 Å². The van der Waals surface area contributed by atoms with Crippen LogP contribution in [0, 0.1) is 17.8 Å². The fourth-order valence-corrected chi connectivity index (χ4v) is 7.86. The van der Waals surface area contributed by atoms with E-state index in [1.54, 1.807) is 13.8 Å². The number of Topliss-reactive ketones (excluding diaryl/α,β-unsaturated/α-hetero) is 2. The molecule has 0 radical (unpaired) electrons. The summed E-state index contributed by atoms with van der Waals surface area (Å²) in [4.78, 5) is 54.2. The molecule has 238 valence electrons. The van der Waals surface area contributed by atoms with Gasteiger partial charge in [0.2, 0.25) is 11.7 Å². The van der Waals surface area contributed by atoms with Crippen LogP contribution in [0.4, 0.5) is 5.69 Å². The van der Waals surface area contributed by atoms with E-state index in [0.717, 1.165) is 32.1 Å². The molecule has 4 aliphatic rings. The normalized spacial score (nSPS) is 32.1. The summed E-state index contributed by atoms with van der Waals surface area (Å²) in [6.07, 6.45) is 2.86. The van der Waals surface area contributed by atoms with Crippen molar-refractivity contribution < 1.29 is 44.7 Å². The number of nitrogens with one attached hydrogen (secondary N) is 1. The average molecular weight is 613 g/mol. The van der Waals surface area contributed by atoms with Gasteiger partial charge in [-0.2, -0.15) is 0 Å². The maximum atomic E-state index is 14.1. The number of phenolic OH excluding ortho intramolecular Hbond substituents is 1. The van der Waals surface area contributed by atoms with Crippen LogP contribution in [-0.4, -0.2) is 91.2 Å². The van der Waals surface area contributed by atoms with Crippen molar-refractivity contribution in [3.8, 4) is 5.75 Å². The number of hydrogen-bond donors (Lipinski definition) is 8. The molecule has 0 spiro atoms. The molecule has 44 heavy (non-hydrogen) atoms. The Morgan fingerprint density at radius 2 is 1.70 bits per heavy atom. The molecule has 7 atom stereocenters. The topological polar surface area (TPSA) is 237 Å². The summed E-state index contributed by atoms with van der Waals surface area (Å²) in [6, 6.07) is 1.54. The Kier molecular flexibility index (Phi) is 7.68. The molecular weight excluding hydrogens is 572 g/mol. The highest BCUT2D eigenvalue weighted by molar-refractivity contribution is 6.24. The standard InChI is InChI=1S/C31H40N4O9/c1-12-14-10-11-15(34-29(43)30(2,33)13-8-6-5-7-9-13)22(36)17(14)23(37)18-16(12)24(38)20-21(35(3)4)25(39)19(28(32)42)27(41)31(20,44)26(18)40/h10-13,16,20-21,24,36-38,41,44H,5-9,33H2,1-4H3,(H2,32,42)(H,34,43)/t12?,16?,20?,21-,24?,30+,31?/m0/s1. The predicted octanol–water partition coefficient (Wildman–Crippen LogP) is 0.732. The van der Waals surface area contributed by atoms with Crippen LogP contribution < -0.4 is 16.8 Å². The summed E-state index contributed by atoms with van der Waals surface area (Å²) in [5.74, 6) is -10.5. The number of fused-ring (bicyclic) bond motifs is 3. The number of aliphatic hydroxyl groups is 4. The Morgan fingerprint density at radius 1 is 1.09 bits per heavy atom. The van der Waals surface area contributed by atoms with Gasteiger partial charge in [-0.3, -0.25) is 24.1 Å². The maximum absolute atomic E-state index is 14.1. The quantitative estimate of drug-likeness (QED) is 0.170. The number of amides is 2. The molecule has 1 aromatic rings. The molecule has 0 bridgehead atoms. The van der Waals surface area contributed by atoms with Gasteiger partial charge in [-0.1, -0.05) is 32.3 Å². The number of nitrogens with zero attached hydrogens (tertiary/aromatic N) is 1. The van der Waals surface area contributed by atoms with E-state index in [4.69, 9.17) is 11.5 Å². The van der Waals surface area contributed by atoms with E-state index < -0.39 is 92.8 Å². The summed E-state index contributed by atoms with van der Waals surface area (Å²) in [5, 5.41) is 60.1. The second-order valence-corrected chi connectivity index (χ2v) is 13.0. The zero-order valence-corrected chi connectivity index (χ0v) is 25.1. The van der Waals surface area contributed by atoms with Gasteiger partial charge in [0.1, 0.15) is 22.8 Å². The molecule has 2 fully saturated rings. The van der Waals surface area contributed by atoms with Crippen molar-refractivity contribution >= 4 is 34.8 Å². The third kappa shape index (κ3) is 4.28. The zero-order chi connectivity index (χ0) is 32.6. The van der Waals surface area contributed by atoms with Crippen molar-refractivity contribution in [1.29, 1.82) is 0 Å². The maximum Gasteiger partial charge on any atom is 0.255 e. The van der Waals surface area contributed by atoms with Gasteiger partial charge >= 0.3 is 0 Å². The number of phenols is 1. The number of primary amides is 1. The van der Waals surface area contributed by atoms with E-state index in [1.807, 2.05) is 0 Å². The van der Waals surface area contributed by atoms with Crippen LogP contribution in [0.3, 0.4) is 0 Å². The Morgan fingerprint density at radius 3 is 2.27 bits per heavy atom. The van der Waals surface area contributed by atoms with Gasteiger partial charge in [0.05, 0.1) is 34.9 Å². The van der Waals surface area contributed by atoms with Gasteiger partial charge < -0.3 is 42.3 Å². The highest BCUT2D eigenvalue weighted by atomic mass is 16.4. The lowest BCUT2D eigenvalue weighted by Crippen LogP contribution is -2.70. The monoisotopic (exact) mass is 612 g/mol. The van der Waals surface area contributed by atoms with Crippen LogP contribution in [0.15, 0.2) is 29.0 Å². The minimum Gasteiger partial charge on any atom is -0.508 e. The number of aromatic hydroxyl groups is 1. The lowest BCUT2D eigenvalue weighted by molar-refractivity contribution is -0.169. The Bertz CT molecular complexity index is 1520. The highest BCUT2D eigenvalue weighted by Gasteiger charge is 2.68. The largest absolute Gasteiger partial charge is 0.508 e. The second kappa shape index (κ2) is 10.7. The Balaban J connectivity index is 1.63. The number of rotatable bonds is 5. The lowest BCUT2D eigenvalue weighted by Gasteiger charge is -2.53. The van der Waals surface area contributed by atoms with Crippen LogP contribution in [0.25, 0.3) is 5.76 Å². The third-order valence-electron chi connectivity index (χ3n) is 10.3. The van der Waals surface area contributed by atoms with Crippen molar-refractivity contribution in [3.63, 3.8) is 0 Å². The summed E-state index contributed by atoms with van der Waals surface area (Å²) >= 11 is 0. The molecule has 13 nitrogen and oxygen atoms in total. The smallest absolute Gasteiger partial charge is 0.255 e. The number of aliphatic hydroxyl groups excluding tert-OH is 3. The van der Waals surface area contributed by atoms with Crippen LogP contribution in [0.2, 0.25) is 0 Å². The number of nitrogens with two attached hydrogens (primary N) is 2. The van der Waals surface area contributed by atoms with E-state index in [1.165, 1.54) is 31.1 Å². The fraction of sp³-hybridized carbons (Fsp3) is 0.548. The number of benzene rings is 1. The van der Waals surface area contributed by atoms with Gasteiger partial charge in [0, 0.05) is 11.5 Å². The summed E-state index contributed by atoms with van der Waals surface area (Å²) in [6.45, 7) is 3.27. The molecule has 2 saturated carbocycles. The summed E-state index contributed by atoms with van der Waals surface area (Å²) in [7, 11) is 2.89. The van der Waals surface area contributed by atoms with Gasteiger partial charge in [-0.15, -0.1) is 0 Å². The van der Waals surface area contributed by atoms with Crippen LogP contribution in [0.5, 0.6) is 5.75 Å². The first kappa shape index (κ1) is 31.6. The number of anilines is 1. The average Bonchev–Trinajstić information content (AvgIpc) is 2.96. The van der Waals surface area contributed by atoms with Gasteiger partial charge in [-0.25, -0.2) is 0 Å². The minimum absolute atomic E-state index is 0.0678. The number of carbonyl (C=O) groups excluding carboxylic acids is 4. The molecule has 0 aliphatic heterocycles. The third-order valence-corrected chi connectivity index (χ3v) is 10.3. The highest BCUT2D eigenvalue weighted by Crippen LogP contribution is 2.56. The Hall–Kier alpha value is -3.78. The molecule has 1 aromatic carbocycles. The SMILES string of the molecule is CC1c2ccc(NC(=O)[C@](C)(N)C3CCCCC3)c(O)c2C(O)=C2C(=O)C3(O)C(O)=C(C(N)=O)C(=O)[C@@H](N(C)C)C3C(O)C21. The molecule has 10 N–H and O–H groups in total. The van der Waals surface area contributed by atoms with Crippen LogP contribution in [-0.2, 0) is 19.2 Å². The van der Waals surface area contributed by atoms with Crippen LogP contribution >= 0.6 is 0 Å². The lowest BCUT2D eigenvalue weighted by atomic mass is 9.54. The number of likely N-dealkylation sites (N-methyl/N-ethyl adjacent to an activating group) is 1. The molecule has 4 aliphatic carbocycles. The molecule has 13 heteroatoms. The van der Waals surface area contributed by atoms with E-state index in [-0.39, 0.29) is 17.2 Å². The fourth-order valence-electron chi connectivity index (χ4n) is 7.86. The van der Waals surface area contributed by atoms with E-state index in [2.05, 4.69) is 5.32 Å². The molecule has 0 aromatic heterocycles. The summed E-state index contributed by atoms with van der Waals surface area (Å²) < 4.78 is 0. The van der Waals surface area contributed by atoms with Crippen molar-refractivity contribution in [1.82, 2.24) is 4.90 Å². The molecule has 2 amide bonds. The van der Waals surface area contributed by atoms with Gasteiger partial charge in [-0.05, 0) is 57.3 Å². The molecule has 5 rings (SSSR count). The van der Waals surface area contributed by atoms with Gasteiger partial charge in [0.25, 0.3) is 5.91 Å². The number of carbonyl (C=O) groups is 4. The van der Waals surface area contributed by atoms with Crippen molar-refractivity contribution in [3.05, 3.63) is 40.2 Å². The second-order valence-electron chi connectivity index (χ2n) is 13.0. The molecule has 0 saturated heterocycles. The number of hydrogen-bond acceptors (Lipinski definition) is 11. The minimum atomic E-state index is -3.01. The van der Waals surface area contributed by atoms with Crippen molar-refractivity contribution in [2.75, 3.05) is 19.4 Å². The predicted molar refractivity (Wildman–Crippen MR) is 158 cm³/mol. The zero-order valence-electron chi connectivity index (χ0n) is 25.1. The van der Waals surface area contributed by atoms with Gasteiger partial charge in [0.15, 0.2) is 11.4 Å². The number of ketones is 2. The Labute approximate surface area is 254 Å². The molecule has 0 heterocycles.